The van der Waals surface area contributed by atoms with Crippen LogP contribution in [-0.4, -0.2) is 11.5 Å². The van der Waals surface area contributed by atoms with Crippen molar-refractivity contribution in [1.29, 1.82) is 0 Å². The van der Waals surface area contributed by atoms with Gasteiger partial charge in [0.25, 0.3) is 5.56 Å². The van der Waals surface area contributed by atoms with Crippen LogP contribution in [0.4, 0.5) is 0 Å². The number of benzene rings is 1. The molecule has 3 N–H and O–H groups in total. The van der Waals surface area contributed by atoms with E-state index in [1.54, 1.807) is 6.20 Å². The molecular weight excluding hydrogens is 260 g/mol. The van der Waals surface area contributed by atoms with E-state index in [2.05, 4.69) is 17.1 Å². The van der Waals surface area contributed by atoms with Crippen LogP contribution in [0.2, 0.25) is 0 Å². The average Bonchev–Trinajstić information content (AvgIpc) is 2.50. The Morgan fingerprint density at radius 2 is 2.10 bits per heavy atom. The zero-order valence-corrected chi connectivity index (χ0v) is 12.6. The summed E-state index contributed by atoms with van der Waals surface area (Å²) in [4.78, 5) is 14.9. The Balaban J connectivity index is 2.93. The van der Waals surface area contributed by atoms with Crippen LogP contribution >= 0.6 is 0 Å². The molecule has 0 spiro atoms. The number of hydrogen-bond donors (Lipinski definition) is 2. The van der Waals surface area contributed by atoms with Crippen LogP contribution in [0.1, 0.15) is 25.8 Å². The quantitative estimate of drug-likeness (QED) is 0.894. The van der Waals surface area contributed by atoms with Gasteiger partial charge in [0.1, 0.15) is 0 Å². The van der Waals surface area contributed by atoms with Crippen LogP contribution in [-0.2, 0) is 6.42 Å². The molecule has 0 aliphatic heterocycles. The summed E-state index contributed by atoms with van der Waals surface area (Å²) >= 11 is 0. The topological polar surface area (TPSA) is 58.9 Å². The predicted molar refractivity (Wildman–Crippen MR) is 90.6 cm³/mol. The van der Waals surface area contributed by atoms with Gasteiger partial charge in [-0.15, -0.1) is 0 Å². The van der Waals surface area contributed by atoms with Crippen LogP contribution in [0.5, 0.6) is 0 Å². The van der Waals surface area contributed by atoms with Crippen LogP contribution in [0.3, 0.4) is 0 Å². The third kappa shape index (κ3) is 3.14. The maximum atomic E-state index is 12.2. The van der Waals surface area contributed by atoms with Gasteiger partial charge in [0.15, 0.2) is 0 Å². The summed E-state index contributed by atoms with van der Waals surface area (Å²) in [6.07, 6.45) is 11.7. The van der Waals surface area contributed by atoms with E-state index < -0.39 is 0 Å². The summed E-state index contributed by atoms with van der Waals surface area (Å²) in [5.74, 6) is 0. The van der Waals surface area contributed by atoms with Gasteiger partial charge in [-0.05, 0) is 60.7 Å². The van der Waals surface area contributed by atoms with Crippen LogP contribution in [0, 0.1) is 0 Å². The van der Waals surface area contributed by atoms with Crippen molar-refractivity contribution in [2.24, 2.45) is 5.73 Å². The fraction of sp³-hybridized carbons (Fsp3) is 0.278. The highest BCUT2D eigenvalue weighted by molar-refractivity contribution is 5.83. The lowest BCUT2D eigenvalue weighted by Crippen LogP contribution is -2.33. The van der Waals surface area contributed by atoms with Crippen molar-refractivity contribution >= 4 is 22.9 Å². The Labute approximate surface area is 124 Å². The normalized spacial score (nSPS) is 13.7. The van der Waals surface area contributed by atoms with E-state index in [1.807, 2.05) is 38.1 Å². The lowest BCUT2D eigenvalue weighted by atomic mass is 9.99. The molecule has 0 aliphatic rings. The number of aromatic nitrogens is 1. The lowest BCUT2D eigenvalue weighted by Gasteiger charge is -2.07. The zero-order chi connectivity index (χ0) is 15.2. The summed E-state index contributed by atoms with van der Waals surface area (Å²) in [6.45, 7) is 4.63. The van der Waals surface area contributed by atoms with Crippen molar-refractivity contribution in [3.63, 3.8) is 0 Å². The molecule has 0 aliphatic carbocycles. The highest BCUT2D eigenvalue weighted by Gasteiger charge is 2.05. The molecule has 0 saturated carbocycles. The predicted octanol–water partition coefficient (Wildman–Crippen LogP) is 1.58. The highest BCUT2D eigenvalue weighted by Crippen LogP contribution is 2.07. The first-order valence-electron chi connectivity index (χ1n) is 7.35. The lowest BCUT2D eigenvalue weighted by molar-refractivity contribution is 0.829. The van der Waals surface area contributed by atoms with Crippen LogP contribution < -0.4 is 21.7 Å². The number of hydrogen-bond acceptors (Lipinski definition) is 2. The molecule has 0 atom stereocenters. The van der Waals surface area contributed by atoms with Crippen LogP contribution in [0.15, 0.2) is 35.3 Å². The van der Waals surface area contributed by atoms with Crippen molar-refractivity contribution < 1.29 is 0 Å². The molecule has 0 fully saturated rings. The molecule has 3 nitrogen and oxygen atoms in total. The van der Waals surface area contributed by atoms with Gasteiger partial charge in [-0.2, -0.15) is 0 Å². The summed E-state index contributed by atoms with van der Waals surface area (Å²) in [6, 6.07) is 4.07. The van der Waals surface area contributed by atoms with Gasteiger partial charge in [0, 0.05) is 6.20 Å². The van der Waals surface area contributed by atoms with Gasteiger partial charge >= 0.3 is 0 Å². The SMILES string of the molecule is C\C=C/C=c1/c(CCCN)cc2cc[nH]c(=O)c2/c1=C/C. The first-order chi connectivity index (χ1) is 10.2. The molecule has 0 amide bonds. The van der Waals surface area contributed by atoms with Crippen molar-refractivity contribution in [1.82, 2.24) is 4.98 Å². The smallest absolute Gasteiger partial charge is 0.256 e. The van der Waals surface area contributed by atoms with E-state index in [1.165, 1.54) is 5.56 Å². The van der Waals surface area contributed by atoms with Gasteiger partial charge in [-0.25, -0.2) is 0 Å². The number of rotatable bonds is 4. The summed E-state index contributed by atoms with van der Waals surface area (Å²) in [5, 5.41) is 3.86. The minimum atomic E-state index is -0.0406. The maximum absolute atomic E-state index is 12.2. The van der Waals surface area contributed by atoms with E-state index in [9.17, 15) is 4.79 Å². The molecule has 0 saturated heterocycles. The van der Waals surface area contributed by atoms with Crippen molar-refractivity contribution in [3.8, 4) is 0 Å². The number of aryl methyl sites for hydroxylation is 1. The Hall–Kier alpha value is -2.13. The maximum Gasteiger partial charge on any atom is 0.256 e. The molecule has 2 rings (SSSR count). The number of fused-ring (bicyclic) bond motifs is 1. The monoisotopic (exact) mass is 282 g/mol. The Morgan fingerprint density at radius 1 is 1.29 bits per heavy atom. The molecule has 0 unspecified atom stereocenters. The van der Waals surface area contributed by atoms with E-state index in [0.29, 0.717) is 6.54 Å². The first-order valence-corrected chi connectivity index (χ1v) is 7.35. The van der Waals surface area contributed by atoms with Crippen LogP contribution in [0.25, 0.3) is 22.9 Å². The number of H-pyrrole nitrogens is 1. The molecule has 3 heteroatoms. The minimum Gasteiger partial charge on any atom is -0.330 e. The first kappa shape index (κ1) is 15.3. The highest BCUT2D eigenvalue weighted by atomic mass is 16.1. The summed E-state index contributed by atoms with van der Waals surface area (Å²) in [7, 11) is 0. The average molecular weight is 282 g/mol. The van der Waals surface area contributed by atoms with Gasteiger partial charge < -0.3 is 10.7 Å². The standard InChI is InChI=1S/C18H22N2O/c1-3-5-8-16-13(7-6-10-19)12-14-9-11-20-18(21)17(14)15(16)4-2/h3-5,8-9,11-12H,6-7,10,19H2,1-2H3,(H,20,21)/b5-3-,15-4+,16-8-. The minimum absolute atomic E-state index is 0.0406. The van der Waals surface area contributed by atoms with Crippen molar-refractivity contribution in [2.75, 3.05) is 6.54 Å². The van der Waals surface area contributed by atoms with E-state index in [0.717, 1.165) is 34.1 Å². The Bertz CT molecular complexity index is 829. The van der Waals surface area contributed by atoms with E-state index in [-0.39, 0.29) is 5.56 Å². The number of nitrogens with one attached hydrogen (secondary N) is 1. The molecule has 21 heavy (non-hydrogen) atoms. The second kappa shape index (κ2) is 7.04. The second-order valence-corrected chi connectivity index (χ2v) is 5.01. The van der Waals surface area contributed by atoms with E-state index >= 15 is 0 Å². The molecule has 2 aromatic rings. The number of allylic oxidation sites excluding steroid dienone is 2. The summed E-state index contributed by atoms with van der Waals surface area (Å²) in [5.41, 5.74) is 6.85. The van der Waals surface area contributed by atoms with Gasteiger partial charge in [-0.3, -0.25) is 4.79 Å². The third-order valence-corrected chi connectivity index (χ3v) is 3.62. The van der Waals surface area contributed by atoms with Gasteiger partial charge in [-0.1, -0.05) is 30.4 Å². The molecular formula is C18H22N2O. The Kier molecular flexibility index (Phi) is 5.12. The molecule has 1 heterocycles. The van der Waals surface area contributed by atoms with Gasteiger partial charge in [0.05, 0.1) is 5.39 Å². The third-order valence-electron chi connectivity index (χ3n) is 3.62. The Morgan fingerprint density at radius 3 is 2.76 bits per heavy atom. The van der Waals surface area contributed by atoms with Crippen molar-refractivity contribution in [3.05, 3.63) is 56.8 Å². The molecule has 0 bridgehead atoms. The van der Waals surface area contributed by atoms with Gasteiger partial charge in [0.2, 0.25) is 0 Å². The molecule has 110 valence electrons. The van der Waals surface area contributed by atoms with Crippen molar-refractivity contribution in [2.45, 2.75) is 26.7 Å². The number of aromatic amines is 1. The fourth-order valence-electron chi connectivity index (χ4n) is 2.65. The zero-order valence-electron chi connectivity index (χ0n) is 12.6. The molecule has 0 radical (unpaired) electrons. The number of nitrogens with two attached hydrogens (primary N) is 1. The largest absolute Gasteiger partial charge is 0.330 e. The second-order valence-electron chi connectivity index (χ2n) is 5.01. The molecule has 1 aromatic carbocycles. The summed E-state index contributed by atoms with van der Waals surface area (Å²) < 4.78 is 0. The van der Waals surface area contributed by atoms with E-state index in [4.69, 9.17) is 5.73 Å². The molecule has 1 aromatic heterocycles. The number of pyridine rings is 1. The fourth-order valence-corrected chi connectivity index (χ4v) is 2.65.